The Morgan fingerprint density at radius 1 is 1.26 bits per heavy atom. The number of nitrogens with zero attached hydrogens (tertiary/aromatic N) is 2. The first-order valence-electron chi connectivity index (χ1n) is 7.68. The zero-order valence-electron chi connectivity index (χ0n) is 14.5. The standard InChI is InChI=1S/C16H28N4O2.HI/c1-13(2)8-10-22-11-9-18-16(17-3)19-12-14-6-5-7-15(20-14)21-4;/h5-7,13H,8-12H2,1-4H3,(H2,17,18,19);1H. The minimum Gasteiger partial charge on any atom is -0.481 e. The van der Waals surface area contributed by atoms with Gasteiger partial charge in [0, 0.05) is 26.3 Å². The van der Waals surface area contributed by atoms with Crippen LogP contribution in [-0.4, -0.2) is 44.9 Å². The Kier molecular flexibility index (Phi) is 12.7. The van der Waals surface area contributed by atoms with Crippen molar-refractivity contribution >= 4 is 29.9 Å². The molecule has 1 rings (SSSR count). The first-order valence-corrected chi connectivity index (χ1v) is 7.68. The van der Waals surface area contributed by atoms with Crippen LogP contribution in [0, 0.1) is 5.92 Å². The molecule has 0 aliphatic carbocycles. The molecule has 0 bridgehead atoms. The lowest BCUT2D eigenvalue weighted by atomic mass is 10.1. The minimum absolute atomic E-state index is 0. The molecular formula is C16H29IN4O2. The summed E-state index contributed by atoms with van der Waals surface area (Å²) in [5.74, 6) is 2.02. The van der Waals surface area contributed by atoms with Crippen molar-refractivity contribution in [2.24, 2.45) is 10.9 Å². The van der Waals surface area contributed by atoms with E-state index in [0.29, 0.717) is 24.9 Å². The molecule has 0 aromatic carbocycles. The molecular weight excluding hydrogens is 407 g/mol. The number of guanidine groups is 1. The monoisotopic (exact) mass is 436 g/mol. The molecule has 6 nitrogen and oxygen atoms in total. The summed E-state index contributed by atoms with van der Waals surface area (Å²) in [5.41, 5.74) is 0.899. The Morgan fingerprint density at radius 3 is 2.70 bits per heavy atom. The topological polar surface area (TPSA) is 67.8 Å². The number of ether oxygens (including phenoxy) is 2. The summed E-state index contributed by atoms with van der Waals surface area (Å²) in [6.07, 6.45) is 1.09. The molecule has 1 aromatic heterocycles. The average molecular weight is 436 g/mol. The highest BCUT2D eigenvalue weighted by Crippen LogP contribution is 2.05. The SMILES string of the molecule is CN=C(NCCOCCC(C)C)NCc1cccc(OC)n1.I. The highest BCUT2D eigenvalue weighted by atomic mass is 127. The Balaban J connectivity index is 0.00000484. The molecule has 1 heterocycles. The van der Waals surface area contributed by atoms with Gasteiger partial charge in [-0.15, -0.1) is 24.0 Å². The third kappa shape index (κ3) is 10.3. The van der Waals surface area contributed by atoms with Gasteiger partial charge in [0.2, 0.25) is 5.88 Å². The second-order valence-electron chi connectivity index (χ2n) is 5.32. The highest BCUT2D eigenvalue weighted by Gasteiger charge is 2.01. The van der Waals surface area contributed by atoms with Gasteiger partial charge in [-0.2, -0.15) is 0 Å². The molecule has 132 valence electrons. The zero-order valence-corrected chi connectivity index (χ0v) is 16.8. The summed E-state index contributed by atoms with van der Waals surface area (Å²) in [4.78, 5) is 8.51. The van der Waals surface area contributed by atoms with Gasteiger partial charge in [-0.05, 0) is 18.4 Å². The van der Waals surface area contributed by atoms with Crippen LogP contribution in [0.4, 0.5) is 0 Å². The lowest BCUT2D eigenvalue weighted by Gasteiger charge is -2.12. The van der Waals surface area contributed by atoms with E-state index in [1.807, 2.05) is 18.2 Å². The van der Waals surface area contributed by atoms with Gasteiger partial charge < -0.3 is 20.1 Å². The van der Waals surface area contributed by atoms with Crippen molar-refractivity contribution in [1.29, 1.82) is 0 Å². The molecule has 0 amide bonds. The lowest BCUT2D eigenvalue weighted by Crippen LogP contribution is -2.38. The number of hydrogen-bond donors (Lipinski definition) is 2. The van der Waals surface area contributed by atoms with Crippen molar-refractivity contribution in [2.45, 2.75) is 26.8 Å². The Bertz CT molecular complexity index is 455. The van der Waals surface area contributed by atoms with Crippen LogP contribution in [0.5, 0.6) is 5.88 Å². The van der Waals surface area contributed by atoms with Crippen molar-refractivity contribution in [3.63, 3.8) is 0 Å². The second-order valence-corrected chi connectivity index (χ2v) is 5.32. The maximum Gasteiger partial charge on any atom is 0.213 e. The first-order chi connectivity index (χ1) is 10.7. The van der Waals surface area contributed by atoms with Crippen molar-refractivity contribution in [3.8, 4) is 5.88 Å². The molecule has 1 aromatic rings. The summed E-state index contributed by atoms with van der Waals surface area (Å²) >= 11 is 0. The fraction of sp³-hybridized carbons (Fsp3) is 0.625. The van der Waals surface area contributed by atoms with Crippen molar-refractivity contribution in [1.82, 2.24) is 15.6 Å². The van der Waals surface area contributed by atoms with Gasteiger partial charge in [0.1, 0.15) is 0 Å². The van der Waals surface area contributed by atoms with Gasteiger partial charge in [-0.1, -0.05) is 19.9 Å². The van der Waals surface area contributed by atoms with Crippen LogP contribution < -0.4 is 15.4 Å². The van der Waals surface area contributed by atoms with E-state index in [1.54, 1.807) is 14.2 Å². The Morgan fingerprint density at radius 2 is 2.04 bits per heavy atom. The van der Waals surface area contributed by atoms with Gasteiger partial charge in [0.25, 0.3) is 0 Å². The summed E-state index contributed by atoms with van der Waals surface area (Å²) in [5, 5.41) is 6.42. The number of hydrogen-bond acceptors (Lipinski definition) is 4. The molecule has 0 spiro atoms. The number of methoxy groups -OCH3 is 1. The molecule has 0 radical (unpaired) electrons. The number of nitrogens with one attached hydrogen (secondary N) is 2. The summed E-state index contributed by atoms with van der Waals surface area (Å²) < 4.78 is 10.7. The van der Waals surface area contributed by atoms with Crippen LogP contribution in [0.1, 0.15) is 26.0 Å². The summed E-state index contributed by atoms with van der Waals surface area (Å²) in [6, 6.07) is 5.69. The number of pyridine rings is 1. The van der Waals surface area contributed by atoms with Crippen LogP contribution in [-0.2, 0) is 11.3 Å². The van der Waals surface area contributed by atoms with E-state index in [4.69, 9.17) is 9.47 Å². The quantitative estimate of drug-likeness (QED) is 0.270. The molecule has 0 saturated carbocycles. The number of aliphatic imine (C=N–C) groups is 1. The third-order valence-corrected chi connectivity index (χ3v) is 3.03. The van der Waals surface area contributed by atoms with Gasteiger partial charge in [-0.25, -0.2) is 4.98 Å². The Hall–Kier alpha value is -1.09. The van der Waals surface area contributed by atoms with E-state index in [-0.39, 0.29) is 24.0 Å². The van der Waals surface area contributed by atoms with E-state index in [9.17, 15) is 0 Å². The van der Waals surface area contributed by atoms with Crippen molar-refractivity contribution in [3.05, 3.63) is 23.9 Å². The van der Waals surface area contributed by atoms with Crippen LogP contribution in [0.25, 0.3) is 0 Å². The van der Waals surface area contributed by atoms with E-state index in [2.05, 4.69) is 34.5 Å². The predicted octanol–water partition coefficient (Wildman–Crippen LogP) is 2.44. The minimum atomic E-state index is 0. The Labute approximate surface area is 156 Å². The molecule has 0 atom stereocenters. The van der Waals surface area contributed by atoms with Crippen molar-refractivity contribution in [2.75, 3.05) is 33.9 Å². The number of halogens is 1. The summed E-state index contributed by atoms with van der Waals surface area (Å²) in [6.45, 7) is 7.18. The lowest BCUT2D eigenvalue weighted by molar-refractivity contribution is 0.128. The van der Waals surface area contributed by atoms with Crippen LogP contribution in [0.15, 0.2) is 23.2 Å². The fourth-order valence-electron chi connectivity index (χ4n) is 1.73. The smallest absolute Gasteiger partial charge is 0.213 e. The van der Waals surface area contributed by atoms with Gasteiger partial charge >= 0.3 is 0 Å². The predicted molar refractivity (Wildman–Crippen MR) is 105 cm³/mol. The summed E-state index contributed by atoms with van der Waals surface area (Å²) in [7, 11) is 3.35. The maximum absolute atomic E-state index is 5.56. The van der Waals surface area contributed by atoms with Crippen LogP contribution in [0.3, 0.4) is 0 Å². The normalized spacial score (nSPS) is 11.1. The average Bonchev–Trinajstić information content (AvgIpc) is 2.53. The molecule has 0 unspecified atom stereocenters. The van der Waals surface area contributed by atoms with Gasteiger partial charge in [0.05, 0.1) is 26.0 Å². The second kappa shape index (κ2) is 13.4. The molecule has 23 heavy (non-hydrogen) atoms. The first kappa shape index (κ1) is 21.9. The van der Waals surface area contributed by atoms with E-state index >= 15 is 0 Å². The molecule has 7 heteroatoms. The zero-order chi connectivity index (χ0) is 16.2. The molecule has 0 aliphatic heterocycles. The van der Waals surface area contributed by atoms with Gasteiger partial charge in [0.15, 0.2) is 5.96 Å². The fourth-order valence-corrected chi connectivity index (χ4v) is 1.73. The van der Waals surface area contributed by atoms with Gasteiger partial charge in [-0.3, -0.25) is 4.99 Å². The van der Waals surface area contributed by atoms with Crippen LogP contribution in [0.2, 0.25) is 0 Å². The third-order valence-electron chi connectivity index (χ3n) is 3.03. The molecule has 0 fully saturated rings. The number of aromatic nitrogens is 1. The van der Waals surface area contributed by atoms with E-state index in [1.165, 1.54) is 0 Å². The van der Waals surface area contributed by atoms with E-state index in [0.717, 1.165) is 31.2 Å². The number of rotatable bonds is 9. The van der Waals surface area contributed by atoms with Crippen molar-refractivity contribution < 1.29 is 9.47 Å². The highest BCUT2D eigenvalue weighted by molar-refractivity contribution is 14.0. The van der Waals surface area contributed by atoms with E-state index < -0.39 is 0 Å². The molecule has 0 saturated heterocycles. The maximum atomic E-state index is 5.56. The molecule has 0 aliphatic rings. The molecule has 2 N–H and O–H groups in total. The van der Waals surface area contributed by atoms with Crippen LogP contribution >= 0.6 is 24.0 Å². The largest absolute Gasteiger partial charge is 0.481 e.